The highest BCUT2D eigenvalue weighted by atomic mass is 79.9. The zero-order chi connectivity index (χ0) is 27.7. The highest BCUT2D eigenvalue weighted by Crippen LogP contribution is 2.40. The highest BCUT2D eigenvalue weighted by Gasteiger charge is 2.37. The summed E-state index contributed by atoms with van der Waals surface area (Å²) in [5.74, 6) is 1.05. The van der Waals surface area contributed by atoms with Gasteiger partial charge < -0.3 is 9.80 Å². The van der Waals surface area contributed by atoms with Crippen molar-refractivity contribution in [1.82, 2.24) is 15.0 Å². The van der Waals surface area contributed by atoms with Gasteiger partial charge in [0.15, 0.2) is 5.82 Å². The van der Waals surface area contributed by atoms with E-state index in [2.05, 4.69) is 35.8 Å². The summed E-state index contributed by atoms with van der Waals surface area (Å²) in [6.45, 7) is 2.97. The van der Waals surface area contributed by atoms with Gasteiger partial charge in [-0.3, -0.25) is 0 Å². The van der Waals surface area contributed by atoms with Crippen molar-refractivity contribution in [3.63, 3.8) is 0 Å². The topological polar surface area (TPSA) is 45.2 Å². The van der Waals surface area contributed by atoms with Crippen LogP contribution in [0.15, 0.2) is 47.3 Å². The molecule has 1 fully saturated rings. The standard InChI is InChI=1S/C25H23BrClF6N5/c1-2-5-37(13-15-3-4-15)22-21(9-20(27)12-34-22)38(23-35-10-19(26)11-36-23)14-16-6-17(24(28,29)30)8-18(7-16)25(31,32)33/h6-12,15H,2-5,13-14H2,1H3. The Morgan fingerprint density at radius 1 is 0.921 bits per heavy atom. The number of alkyl halides is 6. The van der Waals surface area contributed by atoms with Crippen molar-refractivity contribution < 1.29 is 26.3 Å². The van der Waals surface area contributed by atoms with E-state index in [4.69, 9.17) is 11.6 Å². The first-order valence-electron chi connectivity index (χ1n) is 11.8. The predicted molar refractivity (Wildman–Crippen MR) is 136 cm³/mol. The maximum Gasteiger partial charge on any atom is 0.416 e. The third-order valence-corrected chi connectivity index (χ3v) is 6.53. The van der Waals surface area contributed by atoms with Crippen LogP contribution in [-0.4, -0.2) is 28.0 Å². The first-order valence-corrected chi connectivity index (χ1v) is 13.0. The van der Waals surface area contributed by atoms with Gasteiger partial charge in [-0.25, -0.2) is 15.0 Å². The van der Waals surface area contributed by atoms with Gasteiger partial charge in [0.25, 0.3) is 0 Å². The summed E-state index contributed by atoms with van der Waals surface area (Å²) in [5.41, 5.74) is -2.65. The van der Waals surface area contributed by atoms with Crippen molar-refractivity contribution in [1.29, 1.82) is 0 Å². The molecule has 0 unspecified atom stereocenters. The molecule has 1 saturated carbocycles. The number of rotatable bonds is 9. The lowest BCUT2D eigenvalue weighted by Crippen LogP contribution is -2.30. The molecule has 0 spiro atoms. The second-order valence-electron chi connectivity index (χ2n) is 9.09. The van der Waals surface area contributed by atoms with Gasteiger partial charge in [-0.1, -0.05) is 18.5 Å². The zero-order valence-electron chi connectivity index (χ0n) is 20.1. The average Bonchev–Trinajstić information content (AvgIpc) is 3.66. The van der Waals surface area contributed by atoms with Gasteiger partial charge in [0.1, 0.15) is 0 Å². The maximum atomic E-state index is 13.6. The smallest absolute Gasteiger partial charge is 0.355 e. The summed E-state index contributed by atoms with van der Waals surface area (Å²) in [4.78, 5) is 16.6. The van der Waals surface area contributed by atoms with Crippen LogP contribution in [-0.2, 0) is 18.9 Å². The van der Waals surface area contributed by atoms with Crippen LogP contribution in [0, 0.1) is 5.92 Å². The Bertz CT molecular complexity index is 1230. The number of aromatic nitrogens is 3. The average molecular weight is 623 g/mol. The summed E-state index contributed by atoms with van der Waals surface area (Å²) < 4.78 is 81.9. The summed E-state index contributed by atoms with van der Waals surface area (Å²) in [7, 11) is 0. The maximum absolute atomic E-state index is 13.6. The minimum absolute atomic E-state index is 0.0624. The number of pyridine rings is 1. The molecule has 4 rings (SSSR count). The molecule has 3 aromatic rings. The van der Waals surface area contributed by atoms with Crippen LogP contribution in [0.4, 0.5) is 43.8 Å². The lowest BCUT2D eigenvalue weighted by Gasteiger charge is -2.31. The number of nitrogens with zero attached hydrogens (tertiary/aromatic N) is 5. The quantitative estimate of drug-likeness (QED) is 0.225. The van der Waals surface area contributed by atoms with Crippen LogP contribution in [0.5, 0.6) is 0 Å². The molecule has 1 aliphatic rings. The molecule has 1 aliphatic carbocycles. The second kappa shape index (κ2) is 11.3. The molecule has 38 heavy (non-hydrogen) atoms. The van der Waals surface area contributed by atoms with E-state index in [1.54, 1.807) is 6.07 Å². The molecule has 0 aliphatic heterocycles. The van der Waals surface area contributed by atoms with E-state index in [0.717, 1.165) is 19.3 Å². The van der Waals surface area contributed by atoms with E-state index in [-0.39, 0.29) is 22.6 Å². The fourth-order valence-corrected chi connectivity index (χ4v) is 4.39. The molecule has 5 nitrogen and oxygen atoms in total. The van der Waals surface area contributed by atoms with Crippen LogP contribution in [0.1, 0.15) is 42.9 Å². The minimum Gasteiger partial charge on any atom is -0.355 e. The van der Waals surface area contributed by atoms with E-state index >= 15 is 0 Å². The van der Waals surface area contributed by atoms with Gasteiger partial charge >= 0.3 is 12.4 Å². The number of halogens is 8. The Morgan fingerprint density at radius 2 is 1.53 bits per heavy atom. The minimum atomic E-state index is -4.97. The second-order valence-corrected chi connectivity index (χ2v) is 10.4. The first kappa shape index (κ1) is 28.4. The van der Waals surface area contributed by atoms with Gasteiger partial charge in [-0.05, 0) is 70.9 Å². The zero-order valence-corrected chi connectivity index (χ0v) is 22.5. The third-order valence-electron chi connectivity index (χ3n) is 5.91. The van der Waals surface area contributed by atoms with Crippen molar-refractivity contribution in [3.05, 3.63) is 69.0 Å². The summed E-state index contributed by atoms with van der Waals surface area (Å²) in [6, 6.07) is 3.08. The van der Waals surface area contributed by atoms with Crippen LogP contribution in [0.3, 0.4) is 0 Å². The van der Waals surface area contributed by atoms with Crippen LogP contribution in [0.25, 0.3) is 0 Å². The fourth-order valence-electron chi connectivity index (χ4n) is 4.03. The SMILES string of the molecule is CCCN(CC1CC1)c1ncc(Cl)cc1N(Cc1cc(C(F)(F)F)cc(C(F)(F)F)c1)c1ncc(Br)cn1. The molecular weight excluding hydrogens is 600 g/mol. The van der Waals surface area contributed by atoms with Gasteiger partial charge in [0.05, 0.1) is 32.9 Å². The largest absolute Gasteiger partial charge is 0.416 e. The lowest BCUT2D eigenvalue weighted by molar-refractivity contribution is -0.143. The van der Waals surface area contributed by atoms with Gasteiger partial charge in [-0.15, -0.1) is 0 Å². The molecule has 1 aromatic carbocycles. The highest BCUT2D eigenvalue weighted by molar-refractivity contribution is 9.10. The van der Waals surface area contributed by atoms with Crippen molar-refractivity contribution >= 4 is 45.0 Å². The summed E-state index contributed by atoms with van der Waals surface area (Å²) >= 11 is 9.54. The van der Waals surface area contributed by atoms with E-state index in [1.807, 2.05) is 6.92 Å². The molecule has 13 heteroatoms. The normalized spacial score (nSPS) is 14.0. The molecule has 0 radical (unpaired) electrons. The molecule has 2 heterocycles. The Hall–Kier alpha value is -2.60. The Morgan fingerprint density at radius 3 is 2.05 bits per heavy atom. The third kappa shape index (κ3) is 7.07. The number of hydrogen-bond donors (Lipinski definition) is 0. The number of benzene rings is 1. The van der Waals surface area contributed by atoms with E-state index in [9.17, 15) is 26.3 Å². The molecule has 0 atom stereocenters. The summed E-state index contributed by atoms with van der Waals surface area (Å²) in [5, 5.41) is 0.244. The van der Waals surface area contributed by atoms with Crippen molar-refractivity contribution in [2.45, 2.75) is 45.1 Å². The van der Waals surface area contributed by atoms with Gasteiger partial charge in [0, 0.05) is 31.7 Å². The Kier molecular flexibility index (Phi) is 8.41. The van der Waals surface area contributed by atoms with E-state index < -0.39 is 30.0 Å². The molecule has 0 N–H and O–H groups in total. The van der Waals surface area contributed by atoms with Crippen LogP contribution in [0.2, 0.25) is 5.02 Å². The summed E-state index contributed by atoms with van der Waals surface area (Å²) in [6.07, 6.45) is -2.65. The molecule has 0 saturated heterocycles. The number of hydrogen-bond acceptors (Lipinski definition) is 5. The van der Waals surface area contributed by atoms with Crippen LogP contribution < -0.4 is 9.80 Å². The Labute approximate surface area is 229 Å². The van der Waals surface area contributed by atoms with Crippen molar-refractivity contribution in [2.75, 3.05) is 22.9 Å². The lowest BCUT2D eigenvalue weighted by atomic mass is 10.0. The molecular formula is C25H23BrClF6N5. The molecule has 2 aromatic heterocycles. The Balaban J connectivity index is 1.86. The van der Waals surface area contributed by atoms with E-state index in [0.29, 0.717) is 47.1 Å². The van der Waals surface area contributed by atoms with Crippen molar-refractivity contribution in [2.24, 2.45) is 5.92 Å². The molecule has 0 bridgehead atoms. The van der Waals surface area contributed by atoms with Gasteiger partial charge in [-0.2, -0.15) is 26.3 Å². The monoisotopic (exact) mass is 621 g/mol. The molecule has 0 amide bonds. The fraction of sp³-hybridized carbons (Fsp3) is 0.400. The van der Waals surface area contributed by atoms with E-state index in [1.165, 1.54) is 23.5 Å². The van der Waals surface area contributed by atoms with Crippen molar-refractivity contribution in [3.8, 4) is 0 Å². The molecule has 204 valence electrons. The van der Waals surface area contributed by atoms with Gasteiger partial charge in [0.2, 0.25) is 5.95 Å². The first-order chi connectivity index (χ1) is 17.8. The predicted octanol–water partition coefficient (Wildman–Crippen LogP) is 8.29. The van der Waals surface area contributed by atoms with Crippen LogP contribution >= 0.6 is 27.5 Å². The number of anilines is 3.